The van der Waals surface area contributed by atoms with E-state index in [9.17, 15) is 17.4 Å². The van der Waals surface area contributed by atoms with E-state index in [0.717, 1.165) is 30.4 Å². The first kappa shape index (κ1) is 24.2. The van der Waals surface area contributed by atoms with E-state index in [1.54, 1.807) is 7.05 Å². The van der Waals surface area contributed by atoms with E-state index < -0.39 is 22.7 Å². The van der Waals surface area contributed by atoms with Gasteiger partial charge in [-0.05, 0) is 19.3 Å². The number of nitrogens with one attached hydrogen (secondary N) is 2. The maximum absolute atomic E-state index is 13.0. The molecule has 6 nitrogen and oxygen atoms in total. The third kappa shape index (κ3) is 6.91. The SMILES string of the molecule is CCS(=O)C1CCCC(NC(=NC)NCc2cn(C)nc2C(F)(F)F)C1.I. The van der Waals surface area contributed by atoms with Crippen molar-refractivity contribution in [3.63, 3.8) is 0 Å². The molecular formula is C16H27F3IN5OS. The van der Waals surface area contributed by atoms with Gasteiger partial charge in [0.2, 0.25) is 0 Å². The van der Waals surface area contributed by atoms with Crippen molar-refractivity contribution in [1.82, 2.24) is 20.4 Å². The molecule has 2 rings (SSSR count). The van der Waals surface area contributed by atoms with Crippen LogP contribution in [0.2, 0.25) is 0 Å². The van der Waals surface area contributed by atoms with E-state index in [2.05, 4.69) is 20.7 Å². The fourth-order valence-electron chi connectivity index (χ4n) is 3.22. The molecule has 0 radical (unpaired) electrons. The average Bonchev–Trinajstić information content (AvgIpc) is 2.99. The van der Waals surface area contributed by atoms with Gasteiger partial charge in [0, 0.05) is 60.2 Å². The Bertz CT molecular complexity index is 665. The Morgan fingerprint density at radius 2 is 2.15 bits per heavy atom. The highest BCUT2D eigenvalue weighted by Gasteiger charge is 2.36. The zero-order valence-corrected chi connectivity index (χ0v) is 18.8. The molecule has 1 heterocycles. The monoisotopic (exact) mass is 521 g/mol. The second-order valence-corrected chi connectivity index (χ2v) is 8.40. The van der Waals surface area contributed by atoms with Crippen LogP contribution in [0.3, 0.4) is 0 Å². The van der Waals surface area contributed by atoms with Crippen molar-refractivity contribution in [3.05, 3.63) is 17.5 Å². The second kappa shape index (κ2) is 10.6. The van der Waals surface area contributed by atoms with E-state index in [1.807, 2.05) is 6.92 Å². The summed E-state index contributed by atoms with van der Waals surface area (Å²) in [6.07, 6.45) is 0.502. The van der Waals surface area contributed by atoms with Crippen LogP contribution in [0, 0.1) is 0 Å². The standard InChI is InChI=1S/C16H26F3N5OS.HI/c1-4-26(25)13-7-5-6-12(8-13)22-15(20-2)21-9-11-10-24(3)23-14(11)16(17,18)19;/h10,12-13H,4-9H2,1-3H3,(H2,20,21,22);1H. The Kier molecular flexibility index (Phi) is 9.52. The van der Waals surface area contributed by atoms with Crippen molar-refractivity contribution >= 4 is 40.7 Å². The summed E-state index contributed by atoms with van der Waals surface area (Å²) in [5.41, 5.74) is -0.824. The number of aryl methyl sites for hydroxylation is 1. The summed E-state index contributed by atoms with van der Waals surface area (Å²) in [4.78, 5) is 4.10. The fourth-order valence-corrected chi connectivity index (χ4v) is 4.57. The van der Waals surface area contributed by atoms with Gasteiger partial charge in [-0.1, -0.05) is 13.3 Å². The Balaban J connectivity index is 0.00000364. The average molecular weight is 521 g/mol. The summed E-state index contributed by atoms with van der Waals surface area (Å²) in [6.45, 7) is 1.89. The van der Waals surface area contributed by atoms with Gasteiger partial charge in [0.15, 0.2) is 11.7 Å². The minimum absolute atomic E-state index is 0. The van der Waals surface area contributed by atoms with Gasteiger partial charge in [0.25, 0.3) is 0 Å². The van der Waals surface area contributed by atoms with Gasteiger partial charge >= 0.3 is 6.18 Å². The molecule has 0 amide bonds. The van der Waals surface area contributed by atoms with Gasteiger partial charge in [-0.25, -0.2) is 0 Å². The second-order valence-electron chi connectivity index (χ2n) is 6.40. The van der Waals surface area contributed by atoms with Crippen molar-refractivity contribution in [3.8, 4) is 0 Å². The number of aromatic nitrogens is 2. The Labute approximate surface area is 177 Å². The Morgan fingerprint density at radius 1 is 1.44 bits per heavy atom. The highest BCUT2D eigenvalue weighted by atomic mass is 127. The molecule has 1 aromatic rings. The smallest absolute Gasteiger partial charge is 0.354 e. The molecule has 0 spiro atoms. The van der Waals surface area contributed by atoms with Crippen LogP contribution in [0.4, 0.5) is 13.2 Å². The van der Waals surface area contributed by atoms with Gasteiger partial charge in [-0.2, -0.15) is 18.3 Å². The highest BCUT2D eigenvalue weighted by molar-refractivity contribution is 14.0. The molecule has 1 saturated carbocycles. The molecule has 0 aromatic carbocycles. The summed E-state index contributed by atoms with van der Waals surface area (Å²) < 4.78 is 52.2. The van der Waals surface area contributed by atoms with E-state index in [1.165, 1.54) is 13.2 Å². The number of alkyl halides is 3. The van der Waals surface area contributed by atoms with Crippen molar-refractivity contribution < 1.29 is 17.4 Å². The molecule has 0 saturated heterocycles. The zero-order valence-electron chi connectivity index (χ0n) is 15.7. The van der Waals surface area contributed by atoms with Crippen molar-refractivity contribution in [1.29, 1.82) is 0 Å². The number of halogens is 4. The van der Waals surface area contributed by atoms with E-state index in [0.29, 0.717) is 11.7 Å². The maximum atomic E-state index is 13.0. The lowest BCUT2D eigenvalue weighted by atomic mass is 9.95. The number of rotatable bonds is 5. The molecule has 1 fully saturated rings. The van der Waals surface area contributed by atoms with Crippen LogP contribution in [0.25, 0.3) is 0 Å². The number of hydrogen-bond acceptors (Lipinski definition) is 3. The summed E-state index contributed by atoms with van der Waals surface area (Å²) in [6, 6.07) is 0.117. The molecule has 1 aromatic heterocycles. The van der Waals surface area contributed by atoms with Crippen LogP contribution in [-0.2, 0) is 30.6 Å². The predicted molar refractivity (Wildman–Crippen MR) is 112 cm³/mol. The lowest BCUT2D eigenvalue weighted by Gasteiger charge is -2.30. The molecule has 2 N–H and O–H groups in total. The molecule has 0 bridgehead atoms. The molecule has 3 unspecified atom stereocenters. The fraction of sp³-hybridized carbons (Fsp3) is 0.750. The van der Waals surface area contributed by atoms with Crippen LogP contribution >= 0.6 is 24.0 Å². The third-order valence-electron chi connectivity index (χ3n) is 4.47. The maximum Gasteiger partial charge on any atom is 0.435 e. The van der Waals surface area contributed by atoms with Crippen LogP contribution in [0.1, 0.15) is 43.9 Å². The van der Waals surface area contributed by atoms with Crippen molar-refractivity contribution in [2.75, 3.05) is 12.8 Å². The first-order chi connectivity index (χ1) is 12.2. The number of hydrogen-bond donors (Lipinski definition) is 2. The van der Waals surface area contributed by atoms with Crippen LogP contribution in [0.15, 0.2) is 11.2 Å². The molecule has 1 aliphatic rings. The molecule has 11 heteroatoms. The molecule has 27 heavy (non-hydrogen) atoms. The van der Waals surface area contributed by atoms with Gasteiger partial charge in [-0.3, -0.25) is 13.9 Å². The minimum atomic E-state index is -4.49. The summed E-state index contributed by atoms with van der Waals surface area (Å²) in [5, 5.41) is 9.84. The molecular weight excluding hydrogens is 494 g/mol. The van der Waals surface area contributed by atoms with Crippen molar-refractivity contribution in [2.45, 2.75) is 56.6 Å². The zero-order chi connectivity index (χ0) is 19.3. The van der Waals surface area contributed by atoms with Gasteiger partial charge < -0.3 is 10.6 Å². The first-order valence-electron chi connectivity index (χ1n) is 8.68. The summed E-state index contributed by atoms with van der Waals surface area (Å²) in [5.74, 6) is 1.08. The lowest BCUT2D eigenvalue weighted by Crippen LogP contribution is -2.46. The van der Waals surface area contributed by atoms with Gasteiger partial charge in [0.1, 0.15) is 0 Å². The third-order valence-corrected chi connectivity index (χ3v) is 6.21. The van der Waals surface area contributed by atoms with Crippen LogP contribution in [-0.4, -0.2) is 44.0 Å². The summed E-state index contributed by atoms with van der Waals surface area (Å²) >= 11 is 0. The first-order valence-corrected chi connectivity index (χ1v) is 10.1. The molecule has 0 aliphatic heterocycles. The number of aliphatic imine (C=N–C) groups is 1. The van der Waals surface area contributed by atoms with Crippen molar-refractivity contribution in [2.24, 2.45) is 12.0 Å². The molecule has 1 aliphatic carbocycles. The highest BCUT2D eigenvalue weighted by Crippen LogP contribution is 2.30. The minimum Gasteiger partial charge on any atom is -0.354 e. The normalized spacial score (nSPS) is 22.1. The number of nitrogens with zero attached hydrogens (tertiary/aromatic N) is 3. The van der Waals surface area contributed by atoms with E-state index in [-0.39, 0.29) is 47.4 Å². The predicted octanol–water partition coefficient (Wildman–Crippen LogP) is 2.80. The largest absolute Gasteiger partial charge is 0.435 e. The molecule has 156 valence electrons. The number of guanidine groups is 1. The quantitative estimate of drug-likeness (QED) is 0.355. The van der Waals surface area contributed by atoms with Crippen LogP contribution < -0.4 is 10.6 Å². The topological polar surface area (TPSA) is 71.3 Å². The van der Waals surface area contributed by atoms with E-state index in [4.69, 9.17) is 0 Å². The van der Waals surface area contributed by atoms with Crippen LogP contribution in [0.5, 0.6) is 0 Å². The summed E-state index contributed by atoms with van der Waals surface area (Å²) in [7, 11) is 2.21. The Hall–Kier alpha value is -0.850. The van der Waals surface area contributed by atoms with Gasteiger partial charge in [0.05, 0.1) is 0 Å². The van der Waals surface area contributed by atoms with Gasteiger partial charge in [-0.15, -0.1) is 24.0 Å². The lowest BCUT2D eigenvalue weighted by molar-refractivity contribution is -0.142. The molecule has 3 atom stereocenters. The Morgan fingerprint density at radius 3 is 2.74 bits per heavy atom. The van der Waals surface area contributed by atoms with E-state index >= 15 is 0 Å².